The Bertz CT molecular complexity index is 923. The molecule has 1 aliphatic heterocycles. The minimum absolute atomic E-state index is 0.0843. The molecule has 5 heteroatoms. The predicted octanol–water partition coefficient (Wildman–Crippen LogP) is 4.62. The van der Waals surface area contributed by atoms with E-state index in [1.807, 2.05) is 0 Å². The van der Waals surface area contributed by atoms with E-state index < -0.39 is 12.0 Å². The first-order valence-electron chi connectivity index (χ1n) is 11.8. The van der Waals surface area contributed by atoms with Gasteiger partial charge in [-0.3, -0.25) is 9.69 Å². The SMILES string of the molecule is CN(C)[C@]1(c2ccccc2)CC[C@H](Cc2cc(F)cc(C[C@@H]3CN[C@H](C(=O)O)C3)c2)CC1. The summed E-state index contributed by atoms with van der Waals surface area (Å²) in [6, 6.07) is 15.8. The zero-order valence-electron chi connectivity index (χ0n) is 19.2. The van der Waals surface area contributed by atoms with Gasteiger partial charge in [0.1, 0.15) is 11.9 Å². The van der Waals surface area contributed by atoms with Gasteiger partial charge in [-0.2, -0.15) is 0 Å². The van der Waals surface area contributed by atoms with Gasteiger partial charge in [-0.25, -0.2) is 4.39 Å². The fourth-order valence-corrected chi connectivity index (χ4v) is 5.87. The van der Waals surface area contributed by atoms with E-state index >= 15 is 0 Å². The van der Waals surface area contributed by atoms with Crippen LogP contribution >= 0.6 is 0 Å². The Balaban J connectivity index is 1.39. The van der Waals surface area contributed by atoms with Crippen molar-refractivity contribution in [3.8, 4) is 0 Å². The zero-order chi connectivity index (χ0) is 22.7. The lowest BCUT2D eigenvalue weighted by Crippen LogP contribution is -2.44. The van der Waals surface area contributed by atoms with E-state index in [1.54, 1.807) is 12.1 Å². The number of carboxylic acid groups (broad SMARTS) is 1. The summed E-state index contributed by atoms with van der Waals surface area (Å²) in [4.78, 5) is 13.6. The molecular formula is C27H35FN2O2. The van der Waals surface area contributed by atoms with E-state index in [0.717, 1.165) is 49.7 Å². The fourth-order valence-electron chi connectivity index (χ4n) is 5.87. The van der Waals surface area contributed by atoms with Crippen LogP contribution in [0.5, 0.6) is 0 Å². The van der Waals surface area contributed by atoms with Crippen molar-refractivity contribution in [2.45, 2.75) is 56.5 Å². The maximum Gasteiger partial charge on any atom is 0.320 e. The van der Waals surface area contributed by atoms with Crippen LogP contribution in [0.3, 0.4) is 0 Å². The summed E-state index contributed by atoms with van der Waals surface area (Å²) < 4.78 is 14.4. The van der Waals surface area contributed by atoms with Crippen molar-refractivity contribution in [2.75, 3.05) is 20.6 Å². The van der Waals surface area contributed by atoms with Crippen molar-refractivity contribution >= 4 is 5.97 Å². The van der Waals surface area contributed by atoms with Crippen LogP contribution in [-0.2, 0) is 23.2 Å². The van der Waals surface area contributed by atoms with E-state index in [-0.39, 0.29) is 17.3 Å². The van der Waals surface area contributed by atoms with Crippen LogP contribution in [0.1, 0.15) is 48.8 Å². The van der Waals surface area contributed by atoms with Crippen molar-refractivity contribution < 1.29 is 14.3 Å². The van der Waals surface area contributed by atoms with Gasteiger partial charge in [-0.15, -0.1) is 0 Å². The number of nitrogens with zero attached hydrogens (tertiary/aromatic N) is 1. The van der Waals surface area contributed by atoms with Crippen molar-refractivity contribution in [3.63, 3.8) is 0 Å². The highest BCUT2D eigenvalue weighted by Crippen LogP contribution is 2.43. The Morgan fingerprint density at radius 1 is 1.06 bits per heavy atom. The first-order chi connectivity index (χ1) is 15.4. The van der Waals surface area contributed by atoms with Crippen LogP contribution in [0, 0.1) is 17.7 Å². The number of benzene rings is 2. The van der Waals surface area contributed by atoms with Gasteiger partial charge in [-0.1, -0.05) is 36.4 Å². The molecule has 0 amide bonds. The molecule has 0 radical (unpaired) electrons. The quantitative estimate of drug-likeness (QED) is 0.662. The Morgan fingerprint density at radius 3 is 2.25 bits per heavy atom. The van der Waals surface area contributed by atoms with E-state index in [2.05, 4.69) is 60.7 Å². The Morgan fingerprint density at radius 2 is 1.69 bits per heavy atom. The predicted molar refractivity (Wildman–Crippen MR) is 125 cm³/mol. The van der Waals surface area contributed by atoms with Crippen LogP contribution in [0.25, 0.3) is 0 Å². The highest BCUT2D eigenvalue weighted by atomic mass is 19.1. The molecule has 1 saturated carbocycles. The van der Waals surface area contributed by atoms with Crippen molar-refractivity contribution in [3.05, 3.63) is 71.0 Å². The zero-order valence-corrected chi connectivity index (χ0v) is 19.2. The molecule has 0 bridgehead atoms. The van der Waals surface area contributed by atoms with Gasteiger partial charge in [0.15, 0.2) is 0 Å². The second-order valence-corrected chi connectivity index (χ2v) is 10.0. The van der Waals surface area contributed by atoms with Gasteiger partial charge in [0.05, 0.1) is 0 Å². The van der Waals surface area contributed by atoms with E-state index in [1.165, 1.54) is 5.56 Å². The number of hydrogen-bond acceptors (Lipinski definition) is 3. The molecule has 0 aromatic heterocycles. The summed E-state index contributed by atoms with van der Waals surface area (Å²) in [7, 11) is 4.36. The molecule has 2 fully saturated rings. The van der Waals surface area contributed by atoms with Crippen molar-refractivity contribution in [2.24, 2.45) is 11.8 Å². The van der Waals surface area contributed by atoms with E-state index in [9.17, 15) is 14.3 Å². The molecule has 0 unspecified atom stereocenters. The fraction of sp³-hybridized carbons (Fsp3) is 0.519. The summed E-state index contributed by atoms with van der Waals surface area (Å²) in [6.45, 7) is 0.678. The average molecular weight is 439 g/mol. The minimum Gasteiger partial charge on any atom is -0.480 e. The highest BCUT2D eigenvalue weighted by Gasteiger charge is 2.38. The van der Waals surface area contributed by atoms with Crippen molar-refractivity contribution in [1.82, 2.24) is 10.2 Å². The van der Waals surface area contributed by atoms with Gasteiger partial charge < -0.3 is 10.4 Å². The number of rotatable bonds is 7. The third-order valence-corrected chi connectivity index (χ3v) is 7.69. The molecule has 2 atom stereocenters. The molecule has 2 aliphatic rings. The van der Waals surface area contributed by atoms with Crippen LogP contribution in [0.4, 0.5) is 4.39 Å². The molecular weight excluding hydrogens is 403 g/mol. The molecule has 2 N–H and O–H groups in total. The average Bonchev–Trinajstić information content (AvgIpc) is 3.23. The standard InChI is InChI=1S/C27H35FN2O2/c1-30(2)27(23-6-4-3-5-7-23)10-8-19(9-11-27)12-20-13-21(16-24(28)15-20)14-22-17-25(26(31)32)29-18-22/h3-7,13,15-16,19,22,25,29H,8-12,14,17-18H2,1-2H3,(H,31,32)/t19-,22-,25-,27+/m0/s1. The summed E-state index contributed by atoms with van der Waals surface area (Å²) >= 11 is 0. The van der Waals surface area contributed by atoms with Crippen LogP contribution in [-0.4, -0.2) is 42.7 Å². The molecule has 4 nitrogen and oxygen atoms in total. The van der Waals surface area contributed by atoms with Gasteiger partial charge in [0.2, 0.25) is 0 Å². The summed E-state index contributed by atoms with van der Waals surface area (Å²) in [6.07, 6.45) is 6.73. The van der Waals surface area contributed by atoms with E-state index in [4.69, 9.17) is 0 Å². The molecule has 2 aromatic carbocycles. The van der Waals surface area contributed by atoms with Gasteiger partial charge in [-0.05, 0) is 106 Å². The summed E-state index contributed by atoms with van der Waals surface area (Å²) in [5.74, 6) is -0.173. The summed E-state index contributed by atoms with van der Waals surface area (Å²) in [5.41, 5.74) is 3.53. The van der Waals surface area contributed by atoms with Crippen LogP contribution in [0.2, 0.25) is 0 Å². The molecule has 0 spiro atoms. The number of carboxylic acids is 1. The topological polar surface area (TPSA) is 52.6 Å². The third kappa shape index (κ3) is 5.05. The maximum absolute atomic E-state index is 14.4. The van der Waals surface area contributed by atoms with Crippen LogP contribution in [0.15, 0.2) is 48.5 Å². The third-order valence-electron chi connectivity index (χ3n) is 7.69. The number of carbonyl (C=O) groups is 1. The number of aliphatic carboxylic acids is 1. The first-order valence-corrected chi connectivity index (χ1v) is 11.8. The lowest BCUT2D eigenvalue weighted by Gasteiger charge is -2.45. The van der Waals surface area contributed by atoms with Gasteiger partial charge >= 0.3 is 5.97 Å². The molecule has 32 heavy (non-hydrogen) atoms. The number of halogens is 1. The second-order valence-electron chi connectivity index (χ2n) is 10.0. The second kappa shape index (κ2) is 9.72. The van der Waals surface area contributed by atoms with Gasteiger partial charge in [0, 0.05) is 5.54 Å². The molecule has 1 saturated heterocycles. The smallest absolute Gasteiger partial charge is 0.320 e. The minimum atomic E-state index is -0.797. The van der Waals surface area contributed by atoms with Gasteiger partial charge in [0.25, 0.3) is 0 Å². The number of hydrogen-bond donors (Lipinski definition) is 2. The molecule has 2 aromatic rings. The summed E-state index contributed by atoms with van der Waals surface area (Å²) in [5, 5.41) is 12.2. The number of nitrogens with one attached hydrogen (secondary N) is 1. The normalized spacial score (nSPS) is 28.2. The van der Waals surface area contributed by atoms with Crippen LogP contribution < -0.4 is 5.32 Å². The molecule has 172 valence electrons. The molecule has 1 heterocycles. The molecule has 4 rings (SSSR count). The lowest BCUT2D eigenvalue weighted by molar-refractivity contribution is -0.139. The Kier molecular flexibility index (Phi) is 6.96. The first kappa shape index (κ1) is 22.9. The monoisotopic (exact) mass is 438 g/mol. The Labute approximate surface area is 190 Å². The Hall–Kier alpha value is -2.24. The lowest BCUT2D eigenvalue weighted by atomic mass is 9.70. The maximum atomic E-state index is 14.4. The highest BCUT2D eigenvalue weighted by molar-refractivity contribution is 5.73. The molecule has 1 aliphatic carbocycles. The van der Waals surface area contributed by atoms with E-state index in [0.29, 0.717) is 18.9 Å². The largest absolute Gasteiger partial charge is 0.480 e. The van der Waals surface area contributed by atoms with Crippen molar-refractivity contribution in [1.29, 1.82) is 0 Å².